The molecule has 1 N–H and O–H groups in total. The number of aliphatic hydroxyl groups is 1. The van der Waals surface area contributed by atoms with Gasteiger partial charge in [0.2, 0.25) is 5.89 Å². The third kappa shape index (κ3) is 4.36. The molecule has 0 spiro atoms. The van der Waals surface area contributed by atoms with E-state index in [9.17, 15) is 0 Å². The molecule has 1 rings (SSSR count). The minimum absolute atomic E-state index is 0.00630. The molecule has 0 aromatic carbocycles. The van der Waals surface area contributed by atoms with Gasteiger partial charge in [-0.05, 0) is 13.3 Å². The van der Waals surface area contributed by atoms with Crippen LogP contribution in [0.4, 0.5) is 0 Å². The van der Waals surface area contributed by atoms with Gasteiger partial charge in [0.25, 0.3) is 0 Å². The zero-order valence-corrected chi connectivity index (χ0v) is 12.2. The van der Waals surface area contributed by atoms with Crippen LogP contribution in [0.2, 0.25) is 0 Å². The van der Waals surface area contributed by atoms with E-state index in [2.05, 4.69) is 39.6 Å². The first kappa shape index (κ1) is 14.6. The van der Waals surface area contributed by atoms with Gasteiger partial charge < -0.3 is 9.52 Å². The highest BCUT2D eigenvalue weighted by Crippen LogP contribution is 2.34. The van der Waals surface area contributed by atoms with Crippen molar-refractivity contribution in [1.82, 2.24) is 4.98 Å². The van der Waals surface area contributed by atoms with Crippen molar-refractivity contribution < 1.29 is 9.52 Å². The van der Waals surface area contributed by atoms with Crippen LogP contribution < -0.4 is 0 Å². The van der Waals surface area contributed by atoms with Gasteiger partial charge in [0, 0.05) is 17.3 Å². The van der Waals surface area contributed by atoms with Gasteiger partial charge in [0.05, 0.1) is 11.4 Å². The van der Waals surface area contributed by atoms with Gasteiger partial charge in [-0.15, -0.1) is 11.8 Å². The SMILES string of the molecule is C[C@H](CCO)S[C@@H](C)c1ncc(C(C)(C)C)o1. The summed E-state index contributed by atoms with van der Waals surface area (Å²) in [5.74, 6) is 1.71. The van der Waals surface area contributed by atoms with E-state index in [1.807, 2.05) is 6.20 Å². The zero-order chi connectivity index (χ0) is 13.1. The van der Waals surface area contributed by atoms with E-state index in [0.717, 1.165) is 18.1 Å². The minimum atomic E-state index is 0.00630. The molecule has 0 aliphatic carbocycles. The monoisotopic (exact) mass is 257 g/mol. The number of hydrogen-bond acceptors (Lipinski definition) is 4. The molecule has 0 saturated carbocycles. The van der Waals surface area contributed by atoms with Crippen molar-refractivity contribution in [3.8, 4) is 0 Å². The number of oxazole rings is 1. The van der Waals surface area contributed by atoms with Crippen LogP contribution in [0.3, 0.4) is 0 Å². The molecule has 0 bridgehead atoms. The standard InChI is InChI=1S/C13H23NO2S/c1-9(6-7-15)17-10(2)12-14-8-11(16-12)13(3,4)5/h8-10,15H,6-7H2,1-5H3/t9-,10+/m1/s1. The molecule has 0 fully saturated rings. The summed E-state index contributed by atoms with van der Waals surface area (Å²) in [7, 11) is 0. The second kappa shape index (κ2) is 5.91. The van der Waals surface area contributed by atoms with Crippen molar-refractivity contribution in [1.29, 1.82) is 0 Å². The van der Waals surface area contributed by atoms with Crippen LogP contribution >= 0.6 is 11.8 Å². The predicted octanol–water partition coefficient (Wildman–Crippen LogP) is 3.54. The summed E-state index contributed by atoms with van der Waals surface area (Å²) in [4.78, 5) is 4.35. The third-order valence-corrected chi connectivity index (χ3v) is 3.89. The van der Waals surface area contributed by atoms with Crippen LogP contribution in [0.25, 0.3) is 0 Å². The molecule has 3 nitrogen and oxygen atoms in total. The highest BCUT2D eigenvalue weighted by atomic mass is 32.2. The van der Waals surface area contributed by atoms with Gasteiger partial charge in [-0.3, -0.25) is 0 Å². The van der Waals surface area contributed by atoms with E-state index >= 15 is 0 Å². The van der Waals surface area contributed by atoms with E-state index < -0.39 is 0 Å². The second-order valence-corrected chi connectivity index (χ2v) is 7.20. The number of aliphatic hydroxyl groups excluding tert-OH is 1. The number of aromatic nitrogens is 1. The van der Waals surface area contributed by atoms with E-state index in [-0.39, 0.29) is 17.3 Å². The molecule has 0 aliphatic heterocycles. The Kier molecular flexibility index (Phi) is 5.07. The topological polar surface area (TPSA) is 46.3 Å². The maximum Gasteiger partial charge on any atom is 0.207 e. The third-order valence-electron chi connectivity index (χ3n) is 2.58. The van der Waals surface area contributed by atoms with E-state index in [1.165, 1.54) is 0 Å². The molecule has 4 heteroatoms. The molecule has 0 amide bonds. The maximum atomic E-state index is 8.88. The first-order valence-corrected chi connectivity index (χ1v) is 7.01. The molecule has 17 heavy (non-hydrogen) atoms. The summed E-state index contributed by atoms with van der Waals surface area (Å²) in [6.07, 6.45) is 2.63. The van der Waals surface area contributed by atoms with Crippen LogP contribution in [0, 0.1) is 0 Å². The number of thioether (sulfide) groups is 1. The highest BCUT2D eigenvalue weighted by Gasteiger charge is 2.22. The molecule has 0 radical (unpaired) electrons. The first-order valence-electron chi connectivity index (χ1n) is 6.07. The van der Waals surface area contributed by atoms with Crippen LogP contribution in [0.15, 0.2) is 10.6 Å². The van der Waals surface area contributed by atoms with E-state index in [4.69, 9.17) is 9.52 Å². The fourth-order valence-electron chi connectivity index (χ4n) is 1.48. The lowest BCUT2D eigenvalue weighted by Gasteiger charge is -2.15. The fourth-order valence-corrected chi connectivity index (χ4v) is 2.64. The second-order valence-electron chi connectivity index (χ2n) is 5.41. The molecule has 1 aromatic heterocycles. The number of hydrogen-bond donors (Lipinski definition) is 1. The Morgan fingerprint density at radius 1 is 1.41 bits per heavy atom. The average molecular weight is 257 g/mol. The molecular formula is C13H23NO2S. The molecule has 1 aromatic rings. The van der Waals surface area contributed by atoms with Gasteiger partial charge in [-0.2, -0.15) is 0 Å². The Morgan fingerprint density at radius 2 is 2.06 bits per heavy atom. The lowest BCUT2D eigenvalue weighted by molar-refractivity contribution is 0.288. The van der Waals surface area contributed by atoms with Gasteiger partial charge in [-0.25, -0.2) is 4.98 Å². The molecular weight excluding hydrogens is 234 g/mol. The maximum absolute atomic E-state index is 8.88. The lowest BCUT2D eigenvalue weighted by atomic mass is 9.94. The van der Waals surface area contributed by atoms with Gasteiger partial charge in [-0.1, -0.05) is 27.7 Å². The van der Waals surface area contributed by atoms with Crippen molar-refractivity contribution in [3.63, 3.8) is 0 Å². The van der Waals surface area contributed by atoms with Gasteiger partial charge >= 0.3 is 0 Å². The Hall–Kier alpha value is -0.480. The Labute approximate surface area is 108 Å². The van der Waals surface area contributed by atoms with Crippen molar-refractivity contribution in [2.45, 2.75) is 57.0 Å². The Morgan fingerprint density at radius 3 is 2.53 bits per heavy atom. The van der Waals surface area contributed by atoms with E-state index in [1.54, 1.807) is 11.8 Å². The quantitative estimate of drug-likeness (QED) is 0.876. The molecule has 1 heterocycles. The molecule has 0 aliphatic rings. The predicted molar refractivity (Wildman–Crippen MR) is 72.4 cm³/mol. The van der Waals surface area contributed by atoms with Crippen LogP contribution in [-0.2, 0) is 5.41 Å². The molecule has 2 atom stereocenters. The summed E-state index contributed by atoms with van der Waals surface area (Å²) in [6.45, 7) is 10.8. The van der Waals surface area contributed by atoms with Crippen LogP contribution in [0.5, 0.6) is 0 Å². The molecule has 0 saturated heterocycles. The van der Waals surface area contributed by atoms with Crippen molar-refractivity contribution >= 4 is 11.8 Å². The molecule has 98 valence electrons. The van der Waals surface area contributed by atoms with Crippen molar-refractivity contribution in [2.24, 2.45) is 0 Å². The summed E-state index contributed by atoms with van der Waals surface area (Å²) in [5, 5.41) is 9.52. The van der Waals surface area contributed by atoms with Crippen molar-refractivity contribution in [3.05, 3.63) is 17.8 Å². The molecule has 0 unspecified atom stereocenters. The summed E-state index contributed by atoms with van der Waals surface area (Å²) >= 11 is 1.78. The van der Waals surface area contributed by atoms with Gasteiger partial charge in [0.1, 0.15) is 5.76 Å². The van der Waals surface area contributed by atoms with Crippen molar-refractivity contribution in [2.75, 3.05) is 6.61 Å². The summed E-state index contributed by atoms with van der Waals surface area (Å²) in [6, 6.07) is 0. The fraction of sp³-hybridized carbons (Fsp3) is 0.769. The number of nitrogens with zero attached hydrogens (tertiary/aromatic N) is 1. The largest absolute Gasteiger partial charge is 0.444 e. The number of rotatable bonds is 5. The normalized spacial score (nSPS) is 15.9. The minimum Gasteiger partial charge on any atom is -0.444 e. The Balaban J connectivity index is 2.64. The van der Waals surface area contributed by atoms with Crippen LogP contribution in [-0.4, -0.2) is 21.9 Å². The summed E-state index contributed by atoms with van der Waals surface area (Å²) in [5.41, 5.74) is 0.00630. The smallest absolute Gasteiger partial charge is 0.207 e. The highest BCUT2D eigenvalue weighted by molar-refractivity contribution is 8.00. The van der Waals surface area contributed by atoms with Crippen LogP contribution in [0.1, 0.15) is 57.9 Å². The Bertz CT molecular complexity index is 343. The first-order chi connectivity index (χ1) is 7.84. The van der Waals surface area contributed by atoms with E-state index in [0.29, 0.717) is 5.25 Å². The zero-order valence-electron chi connectivity index (χ0n) is 11.4. The average Bonchev–Trinajstić information content (AvgIpc) is 2.65. The lowest BCUT2D eigenvalue weighted by Crippen LogP contribution is -2.09. The summed E-state index contributed by atoms with van der Waals surface area (Å²) < 4.78 is 5.79. The van der Waals surface area contributed by atoms with Gasteiger partial charge in [0.15, 0.2) is 0 Å².